The summed E-state index contributed by atoms with van der Waals surface area (Å²) in [6.07, 6.45) is 0.327. The van der Waals surface area contributed by atoms with Crippen LogP contribution in [-0.4, -0.2) is 118 Å². The van der Waals surface area contributed by atoms with E-state index in [0.717, 1.165) is 43.2 Å². The van der Waals surface area contributed by atoms with Crippen molar-refractivity contribution in [3.8, 4) is 0 Å². The number of hydroxylamine groups is 6. The van der Waals surface area contributed by atoms with Crippen molar-refractivity contribution < 1.29 is 91.6 Å². The van der Waals surface area contributed by atoms with Gasteiger partial charge in [0.05, 0.1) is 5.34 Å². The number of rotatable bonds is 12. The minimum Gasteiger partial charge on any atom is -0.481 e. The van der Waals surface area contributed by atoms with Crippen LogP contribution in [0.5, 0.6) is 0 Å². The Labute approximate surface area is 356 Å². The Bertz CT molecular complexity index is 1050. The largest absolute Gasteiger partial charge is 0.481 e. The van der Waals surface area contributed by atoms with Crippen molar-refractivity contribution in [3.05, 3.63) is 0 Å². The van der Waals surface area contributed by atoms with E-state index in [1.165, 1.54) is 0 Å². The van der Waals surface area contributed by atoms with Crippen LogP contribution in [0.25, 0.3) is 0 Å². The van der Waals surface area contributed by atoms with E-state index in [4.69, 9.17) is 38.6 Å². The Balaban J connectivity index is -0.000000335. The van der Waals surface area contributed by atoms with Gasteiger partial charge in [-0.3, -0.25) is 43.6 Å². The van der Waals surface area contributed by atoms with Crippen molar-refractivity contribution in [2.24, 2.45) is 0 Å². The van der Waals surface area contributed by atoms with E-state index >= 15 is 0 Å². The molecule has 3 saturated heterocycles. The topological polar surface area (TPSA) is 260 Å². The van der Waals surface area contributed by atoms with Crippen LogP contribution in [0.2, 0.25) is 0 Å². The van der Waals surface area contributed by atoms with Crippen LogP contribution in [0.4, 0.5) is 0 Å². The first-order valence-electron chi connectivity index (χ1n) is 12.0. The summed E-state index contributed by atoms with van der Waals surface area (Å²) in [5, 5.41) is 25.8. The fourth-order valence-electron chi connectivity index (χ4n) is 2.50. The Hall–Kier alpha value is 0.0144. The standard InChI is InChI=1S/C12H12N2O8S2.C4H5NO3.C4H6O4S2.CH2Cl2.I2.HI.V/c15-7-1-2-8(16)13(7)21-11(19)5-23-24-6-12(20)22-14-9(17)3-4-10(14)18;6-3-1-2-4(7)5(3)8;5-3(6)1-9-10-2-4(7)8;2-1-3;1-2;;/h1-6H2;8H,1-2H2;1-2H2,(H,5,6)(H,7,8);1H2;;1H;. The zero-order chi connectivity index (χ0) is 36.5. The van der Waals surface area contributed by atoms with Crippen LogP contribution < -0.4 is 0 Å². The average molecular weight is 1190 g/mol. The van der Waals surface area contributed by atoms with Crippen molar-refractivity contribution >= 4 is 187 Å². The summed E-state index contributed by atoms with van der Waals surface area (Å²) in [7, 11) is 3.93. The number of imide groups is 3. The van der Waals surface area contributed by atoms with Gasteiger partial charge in [-0.2, -0.15) is 5.06 Å². The zero-order valence-electron chi connectivity index (χ0n) is 24.4. The molecule has 3 aliphatic heterocycles. The zero-order valence-corrected chi connectivity index (χ0v) is 37.2. The number of aliphatic carboxylic acids is 2. The van der Waals surface area contributed by atoms with Gasteiger partial charge in [0.15, 0.2) is 0 Å². The average Bonchev–Trinajstić information content (AvgIpc) is 3.62. The first kappa shape index (κ1) is 55.8. The van der Waals surface area contributed by atoms with Crippen molar-refractivity contribution in [2.45, 2.75) is 38.5 Å². The molecule has 18 nitrogen and oxygen atoms in total. The van der Waals surface area contributed by atoms with Gasteiger partial charge < -0.3 is 19.9 Å². The minimum atomic E-state index is -0.928. The van der Waals surface area contributed by atoms with Gasteiger partial charge >= 0.3 is 23.9 Å². The molecule has 0 aromatic carbocycles. The van der Waals surface area contributed by atoms with Gasteiger partial charge in [0.25, 0.3) is 35.4 Å². The van der Waals surface area contributed by atoms with Crippen LogP contribution in [0, 0.1) is 0 Å². The molecule has 0 aromatic rings. The maximum Gasteiger partial charge on any atom is 0.343 e. The van der Waals surface area contributed by atoms with Gasteiger partial charge in [0, 0.05) is 94.3 Å². The molecule has 3 aliphatic rings. The number of carboxylic acids is 2. The van der Waals surface area contributed by atoms with Crippen LogP contribution in [0.1, 0.15) is 38.5 Å². The molecular weight excluding hydrogens is 1170 g/mol. The van der Waals surface area contributed by atoms with Gasteiger partial charge in [0.2, 0.25) is 0 Å². The first-order chi connectivity index (χ1) is 22.1. The van der Waals surface area contributed by atoms with Crippen LogP contribution in [0.15, 0.2) is 0 Å². The smallest absolute Gasteiger partial charge is 0.343 e. The normalized spacial score (nSPS) is 14.3. The fraction of sp³-hybridized carbons (Fsp3) is 0.524. The number of carbonyl (C=O) groups is 10. The van der Waals surface area contributed by atoms with E-state index in [1.54, 1.807) is 0 Å². The Morgan fingerprint density at radius 1 is 0.592 bits per heavy atom. The molecule has 3 rings (SSSR count). The van der Waals surface area contributed by atoms with Crippen molar-refractivity contribution in [1.82, 2.24) is 15.2 Å². The molecule has 3 fully saturated rings. The van der Waals surface area contributed by atoms with Crippen LogP contribution >= 0.6 is 128 Å². The summed E-state index contributed by atoms with van der Waals surface area (Å²) in [6, 6.07) is 0. The summed E-state index contributed by atoms with van der Waals surface area (Å²) in [6.45, 7) is 0. The third kappa shape index (κ3) is 27.3. The molecule has 279 valence electrons. The minimum absolute atomic E-state index is 0. The predicted molar refractivity (Wildman–Crippen MR) is 202 cm³/mol. The third-order valence-corrected chi connectivity index (χ3v) is 8.49. The molecule has 0 atom stereocenters. The van der Waals surface area contributed by atoms with Gasteiger partial charge in [-0.25, -0.2) is 9.59 Å². The maximum atomic E-state index is 11.5. The molecule has 3 N–H and O–H groups in total. The van der Waals surface area contributed by atoms with Crippen LogP contribution in [0.3, 0.4) is 0 Å². The number of nitrogens with zero attached hydrogens (tertiary/aromatic N) is 3. The summed E-state index contributed by atoms with van der Waals surface area (Å²) >= 11 is 13.8. The second-order valence-corrected chi connectivity index (χ2v) is 13.4. The molecule has 1 radical (unpaired) electrons. The van der Waals surface area contributed by atoms with E-state index in [0.29, 0.717) is 10.1 Å². The molecule has 6 amide bonds. The third-order valence-electron chi connectivity index (χ3n) is 4.31. The number of hydrogen-bond donors (Lipinski definition) is 3. The molecule has 0 unspecified atom stereocenters. The molecule has 0 saturated carbocycles. The Morgan fingerprint density at radius 3 is 1.02 bits per heavy atom. The number of alkyl halides is 2. The summed E-state index contributed by atoms with van der Waals surface area (Å²) in [5.74, 6) is -7.32. The molecule has 0 bridgehead atoms. The van der Waals surface area contributed by atoms with Gasteiger partial charge in [-0.1, -0.05) is 43.2 Å². The first-order valence-corrected chi connectivity index (χ1v) is 24.3. The molecule has 3 heterocycles. The molecule has 28 heteroatoms. The van der Waals surface area contributed by atoms with E-state index in [9.17, 15) is 47.9 Å². The molecule has 49 heavy (non-hydrogen) atoms. The SMILES string of the molecule is ClCCl.I.II.O=C(CSSCC(=O)ON1C(=O)CCC1=O)ON1C(=O)CCC1=O.O=C(O)CSSCC(=O)O.O=C1CCC(=O)N1O.[V]. The number of hydrogen-bond acceptors (Lipinski definition) is 17. The molecule has 0 spiro atoms. The monoisotopic (exact) mass is 1190 g/mol. The maximum absolute atomic E-state index is 11.5. The van der Waals surface area contributed by atoms with Gasteiger partial charge in [-0.15, -0.1) is 57.3 Å². The van der Waals surface area contributed by atoms with E-state index in [2.05, 4.69) is 46.9 Å². The molecule has 0 aromatic heterocycles. The number of amides is 6. The van der Waals surface area contributed by atoms with Crippen LogP contribution in [-0.2, 0) is 76.2 Å². The number of carboxylic acid groups (broad SMARTS) is 2. The van der Waals surface area contributed by atoms with Crippen molar-refractivity contribution in [3.63, 3.8) is 0 Å². The Kier molecular flexibility index (Phi) is 38.5. The number of halogens is 5. The second kappa shape index (κ2) is 33.8. The summed E-state index contributed by atoms with van der Waals surface area (Å²) < 4.78 is 0. The summed E-state index contributed by atoms with van der Waals surface area (Å²) in [5.41, 5.74) is 0. The predicted octanol–water partition coefficient (Wildman–Crippen LogP) is 3.45. The summed E-state index contributed by atoms with van der Waals surface area (Å²) in [4.78, 5) is 117. The quantitative estimate of drug-likeness (QED) is 0.0631. The molecule has 0 aliphatic carbocycles. The molecular formula is C21H26Cl2I3N3O15S4V. The van der Waals surface area contributed by atoms with E-state index in [-0.39, 0.29) is 114 Å². The second-order valence-electron chi connectivity index (χ2n) is 7.63. The number of carbonyl (C=O) groups excluding carboxylic acids is 8. The van der Waals surface area contributed by atoms with E-state index < -0.39 is 59.3 Å². The van der Waals surface area contributed by atoms with Gasteiger partial charge in [0.1, 0.15) is 23.0 Å². The fourth-order valence-corrected chi connectivity index (χ4v) is 5.52. The Morgan fingerprint density at radius 2 is 0.816 bits per heavy atom. The van der Waals surface area contributed by atoms with Crippen molar-refractivity contribution in [2.75, 3.05) is 28.4 Å². The van der Waals surface area contributed by atoms with Gasteiger partial charge in [-0.05, 0) is 0 Å². The van der Waals surface area contributed by atoms with E-state index in [1.807, 2.05) is 0 Å². The van der Waals surface area contributed by atoms with Crippen molar-refractivity contribution in [1.29, 1.82) is 0 Å².